The van der Waals surface area contributed by atoms with Crippen LogP contribution in [-0.4, -0.2) is 68.8 Å². The lowest BCUT2D eigenvalue weighted by Crippen LogP contribution is -2.50. The van der Waals surface area contributed by atoms with Crippen LogP contribution in [0.15, 0.2) is 64.9 Å². The van der Waals surface area contributed by atoms with Gasteiger partial charge in [0, 0.05) is 37.1 Å². The van der Waals surface area contributed by atoms with Gasteiger partial charge in [-0.2, -0.15) is 4.31 Å². The third kappa shape index (κ3) is 5.84. The van der Waals surface area contributed by atoms with Gasteiger partial charge in [-0.3, -0.25) is 9.69 Å². The lowest BCUT2D eigenvalue weighted by Gasteiger charge is -2.33. The molecule has 3 aromatic rings. The quantitative estimate of drug-likeness (QED) is 0.447. The normalized spacial score (nSPS) is 14.9. The molecule has 2 aromatic carbocycles. The SMILES string of the molecule is CCOC(=O)c1c(-c2ccccc2)csc1NC(=O)CN1CCN(S(=O)(=O)c2ccc(C)cc2)CC1. The highest BCUT2D eigenvalue weighted by molar-refractivity contribution is 7.89. The van der Waals surface area contributed by atoms with Crippen molar-refractivity contribution in [2.75, 3.05) is 44.6 Å². The number of thiophene rings is 1. The number of carbonyl (C=O) groups excluding carboxylic acids is 2. The fraction of sp³-hybridized carbons (Fsp3) is 0.308. The second kappa shape index (κ2) is 11.3. The standard InChI is InChI=1S/C26H29N3O5S2/c1-3-34-26(31)24-22(20-7-5-4-6-8-20)18-35-25(24)27-23(30)17-28-13-15-29(16-14-28)36(32,33)21-11-9-19(2)10-12-21/h4-12,18H,3,13-17H2,1-2H3,(H,27,30). The molecule has 1 fully saturated rings. The number of anilines is 1. The van der Waals surface area contributed by atoms with Gasteiger partial charge in [0.1, 0.15) is 10.6 Å². The molecular formula is C26H29N3O5S2. The Kier molecular flexibility index (Phi) is 8.20. The molecule has 0 unspecified atom stereocenters. The van der Waals surface area contributed by atoms with Crippen molar-refractivity contribution in [3.8, 4) is 11.1 Å². The lowest BCUT2D eigenvalue weighted by molar-refractivity contribution is -0.117. The summed E-state index contributed by atoms with van der Waals surface area (Å²) in [6, 6.07) is 16.3. The van der Waals surface area contributed by atoms with Crippen molar-refractivity contribution in [3.05, 3.63) is 71.1 Å². The summed E-state index contributed by atoms with van der Waals surface area (Å²) in [6.45, 7) is 5.44. The second-order valence-corrected chi connectivity index (χ2v) is 11.3. The summed E-state index contributed by atoms with van der Waals surface area (Å²) in [4.78, 5) is 27.8. The van der Waals surface area contributed by atoms with Crippen LogP contribution in [-0.2, 0) is 19.6 Å². The van der Waals surface area contributed by atoms with E-state index in [0.29, 0.717) is 42.3 Å². The maximum atomic E-state index is 12.9. The Labute approximate surface area is 215 Å². The number of sulfonamides is 1. The number of esters is 1. The number of piperazine rings is 1. The Bertz CT molecular complexity index is 1310. The number of hydrogen-bond acceptors (Lipinski definition) is 7. The first-order valence-electron chi connectivity index (χ1n) is 11.7. The van der Waals surface area contributed by atoms with E-state index >= 15 is 0 Å². The first kappa shape index (κ1) is 26.0. The maximum absolute atomic E-state index is 12.9. The van der Waals surface area contributed by atoms with Crippen molar-refractivity contribution >= 4 is 38.2 Å². The summed E-state index contributed by atoms with van der Waals surface area (Å²) in [6.07, 6.45) is 0. The van der Waals surface area contributed by atoms with Gasteiger partial charge in [0.2, 0.25) is 15.9 Å². The Morgan fingerprint density at radius 2 is 1.67 bits per heavy atom. The van der Waals surface area contributed by atoms with E-state index in [9.17, 15) is 18.0 Å². The minimum Gasteiger partial charge on any atom is -0.462 e. The molecular weight excluding hydrogens is 498 g/mol. The van der Waals surface area contributed by atoms with Crippen LogP contribution in [0, 0.1) is 6.92 Å². The van der Waals surface area contributed by atoms with Crippen molar-refractivity contribution in [2.45, 2.75) is 18.7 Å². The largest absolute Gasteiger partial charge is 0.462 e. The highest BCUT2D eigenvalue weighted by Crippen LogP contribution is 2.36. The second-order valence-electron chi connectivity index (χ2n) is 8.48. The van der Waals surface area contributed by atoms with E-state index in [0.717, 1.165) is 11.1 Å². The number of amides is 1. The fourth-order valence-corrected chi connectivity index (χ4v) is 6.44. The lowest BCUT2D eigenvalue weighted by atomic mass is 10.0. The van der Waals surface area contributed by atoms with Crippen molar-refractivity contribution < 1.29 is 22.7 Å². The average Bonchev–Trinajstić information content (AvgIpc) is 3.29. The third-order valence-electron chi connectivity index (χ3n) is 5.97. The Hall–Kier alpha value is -3.05. The van der Waals surface area contributed by atoms with Crippen LogP contribution < -0.4 is 5.32 Å². The van der Waals surface area contributed by atoms with E-state index in [1.54, 1.807) is 31.2 Å². The van der Waals surface area contributed by atoms with Gasteiger partial charge in [-0.15, -0.1) is 11.3 Å². The molecule has 1 aliphatic heterocycles. The predicted octanol–water partition coefficient (Wildman–Crippen LogP) is 3.85. The molecule has 0 spiro atoms. The zero-order chi connectivity index (χ0) is 25.7. The molecule has 0 atom stereocenters. The summed E-state index contributed by atoms with van der Waals surface area (Å²) >= 11 is 1.28. The van der Waals surface area contributed by atoms with E-state index in [-0.39, 0.29) is 24.0 Å². The molecule has 4 rings (SSSR count). The van der Waals surface area contributed by atoms with Gasteiger partial charge >= 0.3 is 5.97 Å². The molecule has 2 heterocycles. The Morgan fingerprint density at radius 1 is 1.00 bits per heavy atom. The molecule has 1 N–H and O–H groups in total. The van der Waals surface area contributed by atoms with Crippen LogP contribution in [0.25, 0.3) is 11.1 Å². The van der Waals surface area contributed by atoms with Crippen molar-refractivity contribution in [1.82, 2.24) is 9.21 Å². The number of carbonyl (C=O) groups is 2. The van der Waals surface area contributed by atoms with Crippen molar-refractivity contribution in [3.63, 3.8) is 0 Å². The number of nitrogens with zero attached hydrogens (tertiary/aromatic N) is 2. The number of aryl methyl sites for hydroxylation is 1. The molecule has 0 radical (unpaired) electrons. The molecule has 0 saturated carbocycles. The van der Waals surface area contributed by atoms with Crippen molar-refractivity contribution in [1.29, 1.82) is 0 Å². The molecule has 0 bridgehead atoms. The zero-order valence-electron chi connectivity index (χ0n) is 20.3. The number of nitrogens with one attached hydrogen (secondary N) is 1. The van der Waals surface area contributed by atoms with E-state index in [1.165, 1.54) is 15.6 Å². The molecule has 1 amide bonds. The summed E-state index contributed by atoms with van der Waals surface area (Å²) in [5, 5.41) is 5.15. The van der Waals surface area contributed by atoms with Crippen LogP contribution in [0.4, 0.5) is 5.00 Å². The van der Waals surface area contributed by atoms with Crippen LogP contribution in [0.5, 0.6) is 0 Å². The zero-order valence-corrected chi connectivity index (χ0v) is 21.9. The maximum Gasteiger partial charge on any atom is 0.341 e. The number of rotatable bonds is 8. The van der Waals surface area contributed by atoms with E-state index in [2.05, 4.69) is 5.32 Å². The minimum atomic E-state index is -3.57. The fourth-order valence-electron chi connectivity index (χ4n) is 4.04. The van der Waals surface area contributed by atoms with E-state index in [1.807, 2.05) is 47.5 Å². The Morgan fingerprint density at radius 3 is 2.31 bits per heavy atom. The number of ether oxygens (including phenoxy) is 1. The highest BCUT2D eigenvalue weighted by atomic mass is 32.2. The summed E-state index contributed by atoms with van der Waals surface area (Å²) in [5.41, 5.74) is 2.92. The summed E-state index contributed by atoms with van der Waals surface area (Å²) < 4.78 is 32.6. The third-order valence-corrected chi connectivity index (χ3v) is 8.77. The van der Waals surface area contributed by atoms with Gasteiger partial charge in [0.05, 0.1) is 18.0 Å². The van der Waals surface area contributed by atoms with Crippen LogP contribution in [0.2, 0.25) is 0 Å². The molecule has 10 heteroatoms. The average molecular weight is 528 g/mol. The van der Waals surface area contributed by atoms with Gasteiger partial charge in [-0.25, -0.2) is 13.2 Å². The monoisotopic (exact) mass is 527 g/mol. The molecule has 1 aliphatic rings. The van der Waals surface area contributed by atoms with Crippen LogP contribution in [0.3, 0.4) is 0 Å². The van der Waals surface area contributed by atoms with Gasteiger partial charge in [-0.05, 0) is 31.5 Å². The smallest absolute Gasteiger partial charge is 0.341 e. The van der Waals surface area contributed by atoms with Crippen LogP contribution >= 0.6 is 11.3 Å². The summed E-state index contributed by atoms with van der Waals surface area (Å²) in [5.74, 6) is -0.750. The first-order chi connectivity index (χ1) is 17.3. The minimum absolute atomic E-state index is 0.0965. The number of benzene rings is 2. The van der Waals surface area contributed by atoms with Gasteiger partial charge < -0.3 is 10.1 Å². The topological polar surface area (TPSA) is 96.0 Å². The molecule has 1 aromatic heterocycles. The predicted molar refractivity (Wildman–Crippen MR) is 141 cm³/mol. The first-order valence-corrected chi connectivity index (χ1v) is 14.0. The molecule has 36 heavy (non-hydrogen) atoms. The van der Waals surface area contributed by atoms with E-state index in [4.69, 9.17) is 4.74 Å². The van der Waals surface area contributed by atoms with Crippen LogP contribution in [0.1, 0.15) is 22.8 Å². The molecule has 0 aliphatic carbocycles. The van der Waals surface area contributed by atoms with Crippen molar-refractivity contribution in [2.24, 2.45) is 0 Å². The number of hydrogen-bond donors (Lipinski definition) is 1. The summed E-state index contributed by atoms with van der Waals surface area (Å²) in [7, 11) is -3.57. The molecule has 1 saturated heterocycles. The molecule has 190 valence electrons. The van der Waals surface area contributed by atoms with E-state index < -0.39 is 16.0 Å². The van der Waals surface area contributed by atoms with Gasteiger partial charge in [-0.1, -0.05) is 48.0 Å². The van der Waals surface area contributed by atoms with Gasteiger partial charge in [0.15, 0.2) is 0 Å². The van der Waals surface area contributed by atoms with Gasteiger partial charge in [0.25, 0.3) is 0 Å². The molecule has 8 nitrogen and oxygen atoms in total. The highest BCUT2D eigenvalue weighted by Gasteiger charge is 2.29. The Balaban J connectivity index is 1.40.